The van der Waals surface area contributed by atoms with E-state index in [0.29, 0.717) is 6.54 Å². The Morgan fingerprint density at radius 3 is 2.56 bits per heavy atom. The highest BCUT2D eigenvalue weighted by molar-refractivity contribution is 5.67. The van der Waals surface area contributed by atoms with Gasteiger partial charge >= 0.3 is 6.09 Å². The van der Waals surface area contributed by atoms with Crippen molar-refractivity contribution in [1.82, 2.24) is 5.32 Å². The lowest BCUT2D eigenvalue weighted by Crippen LogP contribution is -2.32. The Kier molecular flexibility index (Phi) is 7.25. The first-order valence-electron chi connectivity index (χ1n) is 5.53. The molecule has 0 saturated carbocycles. The number of allylic oxidation sites excluding steroid dienone is 2. The molecule has 0 aromatic heterocycles. The molecule has 0 aromatic carbocycles. The fourth-order valence-corrected chi connectivity index (χ4v) is 1.04. The molecular weight excluding hydrogens is 206 g/mol. The molecule has 0 saturated heterocycles. The molecule has 0 bridgehead atoms. The Labute approximate surface area is 97.1 Å². The van der Waals surface area contributed by atoms with E-state index in [1.807, 2.05) is 26.8 Å². The summed E-state index contributed by atoms with van der Waals surface area (Å²) in [7, 11) is 0. The van der Waals surface area contributed by atoms with E-state index < -0.39 is 5.60 Å². The van der Waals surface area contributed by atoms with Crippen LogP contribution < -0.4 is 5.32 Å². The lowest BCUT2D eigenvalue weighted by Gasteiger charge is -2.19. The first-order chi connectivity index (χ1) is 7.45. The van der Waals surface area contributed by atoms with Gasteiger partial charge in [0.25, 0.3) is 0 Å². The molecule has 0 spiro atoms. The monoisotopic (exact) mass is 227 g/mol. The van der Waals surface area contributed by atoms with Crippen molar-refractivity contribution in [3.63, 3.8) is 0 Å². The molecule has 0 aliphatic heterocycles. The van der Waals surface area contributed by atoms with Gasteiger partial charge < -0.3 is 10.1 Å². The zero-order chi connectivity index (χ0) is 12.4. The zero-order valence-corrected chi connectivity index (χ0v) is 10.3. The summed E-state index contributed by atoms with van der Waals surface area (Å²) in [6, 6.07) is 0. The van der Waals surface area contributed by atoms with Gasteiger partial charge in [-0.1, -0.05) is 6.08 Å². The van der Waals surface area contributed by atoms with Crippen LogP contribution in [0.4, 0.5) is 4.79 Å². The minimum absolute atomic E-state index is 0.379. The van der Waals surface area contributed by atoms with Gasteiger partial charge in [0, 0.05) is 6.54 Å². The average Bonchev–Trinajstić information content (AvgIpc) is 2.13. The number of alkyl carbamates (subject to hydrolysis) is 1. The molecular formula is C12H21NO3. The third kappa shape index (κ3) is 10.8. The predicted octanol–water partition coefficient (Wildman–Crippen LogP) is 2.44. The zero-order valence-electron chi connectivity index (χ0n) is 10.3. The number of carbonyl (C=O) groups excluding carboxylic acids is 2. The maximum Gasteiger partial charge on any atom is 0.407 e. The van der Waals surface area contributed by atoms with Gasteiger partial charge in [-0.2, -0.15) is 0 Å². The average molecular weight is 227 g/mol. The van der Waals surface area contributed by atoms with Crippen LogP contribution in [0.1, 0.15) is 40.0 Å². The number of ether oxygens (including phenoxy) is 1. The second-order valence-electron chi connectivity index (χ2n) is 4.49. The van der Waals surface area contributed by atoms with Crippen molar-refractivity contribution in [2.24, 2.45) is 0 Å². The predicted molar refractivity (Wildman–Crippen MR) is 63.3 cm³/mol. The fourth-order valence-electron chi connectivity index (χ4n) is 1.04. The molecule has 1 N–H and O–H groups in total. The smallest absolute Gasteiger partial charge is 0.407 e. The van der Waals surface area contributed by atoms with E-state index in [1.165, 1.54) is 6.08 Å². The number of hydrogen-bond acceptors (Lipinski definition) is 3. The fraction of sp³-hybridized carbons (Fsp3) is 0.667. The third-order valence-corrected chi connectivity index (χ3v) is 1.68. The number of hydrogen-bond donors (Lipinski definition) is 1. The van der Waals surface area contributed by atoms with E-state index in [4.69, 9.17) is 4.74 Å². The molecule has 0 rings (SSSR count). The summed E-state index contributed by atoms with van der Waals surface area (Å²) in [6.45, 7) is 6.09. The summed E-state index contributed by atoms with van der Waals surface area (Å²) in [5.41, 5.74) is -0.448. The molecule has 16 heavy (non-hydrogen) atoms. The number of aldehydes is 1. The van der Waals surface area contributed by atoms with Crippen LogP contribution in [0.2, 0.25) is 0 Å². The Balaban J connectivity index is 3.42. The van der Waals surface area contributed by atoms with Gasteiger partial charge in [-0.05, 0) is 46.1 Å². The van der Waals surface area contributed by atoms with E-state index >= 15 is 0 Å². The minimum atomic E-state index is -0.448. The molecule has 0 unspecified atom stereocenters. The highest BCUT2D eigenvalue weighted by Gasteiger charge is 2.15. The number of carbonyl (C=O) groups is 2. The van der Waals surface area contributed by atoms with Gasteiger partial charge in [-0.25, -0.2) is 4.79 Å². The SMILES string of the molecule is CC(C)(C)OC(=O)NCCCC/C=C/C=O. The van der Waals surface area contributed by atoms with Gasteiger partial charge in [0.1, 0.15) is 11.9 Å². The van der Waals surface area contributed by atoms with Crippen molar-refractivity contribution in [3.8, 4) is 0 Å². The van der Waals surface area contributed by atoms with Crippen LogP contribution >= 0.6 is 0 Å². The molecule has 0 aromatic rings. The van der Waals surface area contributed by atoms with E-state index in [2.05, 4.69) is 5.32 Å². The molecule has 92 valence electrons. The highest BCUT2D eigenvalue weighted by Crippen LogP contribution is 2.06. The standard InChI is InChI=1S/C12H21NO3/c1-12(2,3)16-11(15)13-9-7-5-4-6-8-10-14/h6,8,10H,4-5,7,9H2,1-3H3,(H,13,15)/b8-6+. The van der Waals surface area contributed by atoms with Crippen LogP contribution in [0.15, 0.2) is 12.2 Å². The van der Waals surface area contributed by atoms with Crippen molar-refractivity contribution < 1.29 is 14.3 Å². The summed E-state index contributed by atoms with van der Waals surface area (Å²) in [6.07, 6.45) is 6.37. The van der Waals surface area contributed by atoms with Gasteiger partial charge in [-0.3, -0.25) is 4.79 Å². The van der Waals surface area contributed by atoms with Crippen LogP contribution in [-0.2, 0) is 9.53 Å². The molecule has 0 heterocycles. The summed E-state index contributed by atoms with van der Waals surface area (Å²) in [5.74, 6) is 0. The summed E-state index contributed by atoms with van der Waals surface area (Å²) in [5, 5.41) is 2.68. The number of unbranched alkanes of at least 4 members (excludes halogenated alkanes) is 2. The van der Waals surface area contributed by atoms with E-state index in [1.54, 1.807) is 0 Å². The normalized spacial score (nSPS) is 11.4. The maximum absolute atomic E-state index is 11.2. The van der Waals surface area contributed by atoms with Crippen LogP contribution in [-0.4, -0.2) is 24.5 Å². The van der Waals surface area contributed by atoms with E-state index in [9.17, 15) is 9.59 Å². The number of amides is 1. The molecule has 0 aliphatic carbocycles. The molecule has 1 amide bonds. The Hall–Kier alpha value is -1.32. The number of nitrogens with one attached hydrogen (secondary N) is 1. The van der Waals surface area contributed by atoms with Gasteiger partial charge in [-0.15, -0.1) is 0 Å². The Morgan fingerprint density at radius 1 is 1.31 bits per heavy atom. The van der Waals surface area contributed by atoms with E-state index in [-0.39, 0.29) is 6.09 Å². The molecule has 4 heteroatoms. The Bertz CT molecular complexity index is 241. The van der Waals surface area contributed by atoms with Crippen LogP contribution in [0.3, 0.4) is 0 Å². The first-order valence-corrected chi connectivity index (χ1v) is 5.53. The lowest BCUT2D eigenvalue weighted by molar-refractivity contribution is -0.104. The Morgan fingerprint density at radius 2 is 2.00 bits per heavy atom. The third-order valence-electron chi connectivity index (χ3n) is 1.68. The molecule has 4 nitrogen and oxygen atoms in total. The lowest BCUT2D eigenvalue weighted by atomic mass is 10.2. The van der Waals surface area contributed by atoms with Crippen molar-refractivity contribution in [2.45, 2.75) is 45.6 Å². The quantitative estimate of drug-likeness (QED) is 0.431. The van der Waals surface area contributed by atoms with Crippen LogP contribution in [0.5, 0.6) is 0 Å². The van der Waals surface area contributed by atoms with Gasteiger partial charge in [0.05, 0.1) is 0 Å². The molecule has 0 fully saturated rings. The van der Waals surface area contributed by atoms with Crippen molar-refractivity contribution in [1.29, 1.82) is 0 Å². The first kappa shape index (κ1) is 14.7. The minimum Gasteiger partial charge on any atom is -0.444 e. The summed E-state index contributed by atoms with van der Waals surface area (Å²) >= 11 is 0. The topological polar surface area (TPSA) is 55.4 Å². The van der Waals surface area contributed by atoms with E-state index in [0.717, 1.165) is 25.5 Å². The van der Waals surface area contributed by atoms with Crippen molar-refractivity contribution >= 4 is 12.4 Å². The molecule has 0 atom stereocenters. The summed E-state index contributed by atoms with van der Waals surface area (Å²) in [4.78, 5) is 21.2. The second kappa shape index (κ2) is 7.91. The van der Waals surface area contributed by atoms with Crippen LogP contribution in [0, 0.1) is 0 Å². The maximum atomic E-state index is 11.2. The second-order valence-corrected chi connectivity index (χ2v) is 4.49. The van der Waals surface area contributed by atoms with Crippen molar-refractivity contribution in [2.75, 3.05) is 6.54 Å². The molecule has 0 radical (unpaired) electrons. The highest BCUT2D eigenvalue weighted by atomic mass is 16.6. The number of rotatable bonds is 6. The van der Waals surface area contributed by atoms with Crippen molar-refractivity contribution in [3.05, 3.63) is 12.2 Å². The van der Waals surface area contributed by atoms with Gasteiger partial charge in [0.2, 0.25) is 0 Å². The van der Waals surface area contributed by atoms with Gasteiger partial charge in [0.15, 0.2) is 0 Å². The van der Waals surface area contributed by atoms with Crippen LogP contribution in [0.25, 0.3) is 0 Å². The molecule has 0 aliphatic rings. The summed E-state index contributed by atoms with van der Waals surface area (Å²) < 4.78 is 5.07. The largest absolute Gasteiger partial charge is 0.444 e.